The van der Waals surface area contributed by atoms with E-state index >= 15 is 0 Å². The number of hydrogen-bond acceptors (Lipinski definition) is 3. The quantitative estimate of drug-likeness (QED) is 0.264. The fourth-order valence-electron chi connectivity index (χ4n) is 3.28. The van der Waals surface area contributed by atoms with Crippen LogP contribution in [0.15, 0.2) is 65.7 Å². The molecule has 5 nitrogen and oxygen atoms in total. The van der Waals surface area contributed by atoms with Gasteiger partial charge in [-0.1, -0.05) is 48.5 Å². The lowest BCUT2D eigenvalue weighted by Gasteiger charge is -2.30. The average Bonchev–Trinajstić information content (AvgIpc) is 2.76. The summed E-state index contributed by atoms with van der Waals surface area (Å²) >= 11 is 0. The van der Waals surface area contributed by atoms with Crippen molar-refractivity contribution < 1.29 is 9.47 Å². The molecule has 2 aromatic rings. The van der Waals surface area contributed by atoms with Gasteiger partial charge in [0.15, 0.2) is 5.96 Å². The Morgan fingerprint density at radius 3 is 2.62 bits per heavy atom. The van der Waals surface area contributed by atoms with Gasteiger partial charge in [-0.15, -0.1) is 24.0 Å². The number of guanidine groups is 1. The molecule has 3 rings (SSSR count). The molecule has 0 radical (unpaired) electrons. The molecule has 0 fully saturated rings. The van der Waals surface area contributed by atoms with Crippen LogP contribution in [0.4, 0.5) is 0 Å². The lowest BCUT2D eigenvalue weighted by molar-refractivity contribution is 0.146. The average molecular weight is 507 g/mol. The molecule has 1 aliphatic heterocycles. The lowest BCUT2D eigenvalue weighted by atomic mass is 10.00. The predicted octanol–water partition coefficient (Wildman–Crippen LogP) is 4.19. The van der Waals surface area contributed by atoms with E-state index in [0.717, 1.165) is 36.8 Å². The minimum absolute atomic E-state index is 0. The van der Waals surface area contributed by atoms with Gasteiger partial charge in [0, 0.05) is 33.8 Å². The number of rotatable bonds is 7. The van der Waals surface area contributed by atoms with Gasteiger partial charge in [-0.3, -0.25) is 4.99 Å². The Labute approximate surface area is 190 Å². The Kier molecular flexibility index (Phi) is 10.0. The minimum atomic E-state index is 0. The normalized spacial score (nSPS) is 14.1. The molecule has 1 aliphatic rings. The van der Waals surface area contributed by atoms with Gasteiger partial charge in [0.2, 0.25) is 0 Å². The number of ether oxygens (including phenoxy) is 2. The molecule has 1 heterocycles. The van der Waals surface area contributed by atoms with E-state index in [9.17, 15) is 0 Å². The summed E-state index contributed by atoms with van der Waals surface area (Å²) in [6.07, 6.45) is 3.32. The van der Waals surface area contributed by atoms with Crippen molar-refractivity contribution in [3.63, 3.8) is 0 Å². The highest BCUT2D eigenvalue weighted by atomic mass is 127. The highest BCUT2D eigenvalue weighted by molar-refractivity contribution is 14.0. The molecule has 6 heteroatoms. The zero-order valence-electron chi connectivity index (χ0n) is 17.1. The van der Waals surface area contributed by atoms with Crippen molar-refractivity contribution in [2.45, 2.75) is 13.0 Å². The van der Waals surface area contributed by atoms with E-state index < -0.39 is 0 Å². The van der Waals surface area contributed by atoms with Gasteiger partial charge in [-0.25, -0.2) is 0 Å². The molecule has 29 heavy (non-hydrogen) atoms. The molecule has 2 aromatic carbocycles. The van der Waals surface area contributed by atoms with Crippen LogP contribution in [0.5, 0.6) is 5.75 Å². The van der Waals surface area contributed by atoms with Crippen molar-refractivity contribution in [2.24, 2.45) is 4.99 Å². The SMILES string of the molecule is CN=C(NCc1cccc(OCCOC)c1)N1CC=C(c2ccccc2)CC1.I. The van der Waals surface area contributed by atoms with Crippen LogP contribution in [0.1, 0.15) is 17.5 Å². The number of nitrogens with zero attached hydrogens (tertiary/aromatic N) is 2. The molecule has 0 saturated carbocycles. The Morgan fingerprint density at radius 1 is 1.10 bits per heavy atom. The molecular formula is C23H30IN3O2. The van der Waals surface area contributed by atoms with E-state index in [1.54, 1.807) is 7.11 Å². The van der Waals surface area contributed by atoms with Crippen LogP contribution in [-0.4, -0.2) is 51.3 Å². The highest BCUT2D eigenvalue weighted by Gasteiger charge is 2.16. The number of aliphatic imine (C=N–C) groups is 1. The third-order valence-electron chi connectivity index (χ3n) is 4.77. The van der Waals surface area contributed by atoms with Gasteiger partial charge >= 0.3 is 0 Å². The van der Waals surface area contributed by atoms with E-state index in [0.29, 0.717) is 19.8 Å². The zero-order valence-corrected chi connectivity index (χ0v) is 19.5. The third-order valence-corrected chi connectivity index (χ3v) is 4.77. The van der Waals surface area contributed by atoms with E-state index in [1.807, 2.05) is 19.2 Å². The summed E-state index contributed by atoms with van der Waals surface area (Å²) in [4.78, 5) is 6.75. The number of hydrogen-bond donors (Lipinski definition) is 1. The van der Waals surface area contributed by atoms with E-state index in [-0.39, 0.29) is 24.0 Å². The Morgan fingerprint density at radius 2 is 1.93 bits per heavy atom. The first-order valence-electron chi connectivity index (χ1n) is 9.71. The van der Waals surface area contributed by atoms with E-state index in [4.69, 9.17) is 9.47 Å². The minimum Gasteiger partial charge on any atom is -0.491 e. The fraction of sp³-hybridized carbons (Fsp3) is 0.348. The molecule has 0 spiro atoms. The number of benzene rings is 2. The van der Waals surface area contributed by atoms with Crippen LogP contribution in [0.25, 0.3) is 5.57 Å². The number of nitrogens with one attached hydrogen (secondary N) is 1. The van der Waals surface area contributed by atoms with Crippen molar-refractivity contribution in [2.75, 3.05) is 40.5 Å². The summed E-state index contributed by atoms with van der Waals surface area (Å²) in [6.45, 7) is 3.67. The Balaban J connectivity index is 0.00000300. The van der Waals surface area contributed by atoms with Crippen LogP contribution in [-0.2, 0) is 11.3 Å². The topological polar surface area (TPSA) is 46.1 Å². The lowest BCUT2D eigenvalue weighted by Crippen LogP contribution is -2.43. The molecule has 0 atom stereocenters. The molecule has 0 aliphatic carbocycles. The van der Waals surface area contributed by atoms with Crippen molar-refractivity contribution in [3.8, 4) is 5.75 Å². The maximum Gasteiger partial charge on any atom is 0.194 e. The maximum atomic E-state index is 5.69. The summed E-state index contributed by atoms with van der Waals surface area (Å²) in [5.74, 6) is 1.79. The molecule has 0 unspecified atom stereocenters. The van der Waals surface area contributed by atoms with Gasteiger partial charge in [-0.05, 0) is 35.3 Å². The van der Waals surface area contributed by atoms with Gasteiger partial charge in [0.1, 0.15) is 12.4 Å². The zero-order chi connectivity index (χ0) is 19.6. The molecule has 0 amide bonds. The van der Waals surface area contributed by atoms with Gasteiger partial charge in [0.05, 0.1) is 6.61 Å². The summed E-state index contributed by atoms with van der Waals surface area (Å²) in [5.41, 5.74) is 3.89. The van der Waals surface area contributed by atoms with Crippen molar-refractivity contribution >= 4 is 35.5 Å². The van der Waals surface area contributed by atoms with Crippen molar-refractivity contribution in [1.29, 1.82) is 0 Å². The predicted molar refractivity (Wildman–Crippen MR) is 130 cm³/mol. The molecule has 0 bridgehead atoms. The van der Waals surface area contributed by atoms with E-state index in [2.05, 4.69) is 63.7 Å². The molecular weight excluding hydrogens is 477 g/mol. The van der Waals surface area contributed by atoms with Crippen LogP contribution in [0.2, 0.25) is 0 Å². The number of methoxy groups -OCH3 is 1. The van der Waals surface area contributed by atoms with Crippen LogP contribution in [0, 0.1) is 0 Å². The first-order chi connectivity index (χ1) is 13.8. The monoisotopic (exact) mass is 507 g/mol. The van der Waals surface area contributed by atoms with E-state index in [1.165, 1.54) is 11.1 Å². The number of halogens is 1. The standard InChI is InChI=1S/C23H29N3O2.HI/c1-24-23(25-18-19-7-6-10-22(17-19)28-16-15-27-2)26-13-11-21(12-14-26)20-8-4-3-5-9-20;/h3-11,17H,12-16,18H2,1-2H3,(H,24,25);1H. The van der Waals surface area contributed by atoms with Crippen molar-refractivity contribution in [1.82, 2.24) is 10.2 Å². The first kappa shape index (κ1) is 23.2. The Hall–Kier alpha value is -2.06. The summed E-state index contributed by atoms with van der Waals surface area (Å²) < 4.78 is 10.7. The van der Waals surface area contributed by atoms with Crippen LogP contribution in [0.3, 0.4) is 0 Å². The second-order valence-corrected chi connectivity index (χ2v) is 6.68. The molecule has 0 saturated heterocycles. The maximum absolute atomic E-state index is 5.69. The highest BCUT2D eigenvalue weighted by Crippen LogP contribution is 2.22. The second-order valence-electron chi connectivity index (χ2n) is 6.68. The second kappa shape index (κ2) is 12.5. The van der Waals surface area contributed by atoms with Crippen molar-refractivity contribution in [3.05, 3.63) is 71.8 Å². The smallest absolute Gasteiger partial charge is 0.194 e. The van der Waals surface area contributed by atoms with Gasteiger partial charge in [-0.2, -0.15) is 0 Å². The summed E-state index contributed by atoms with van der Waals surface area (Å²) in [6, 6.07) is 18.7. The molecule has 1 N–H and O–H groups in total. The van der Waals surface area contributed by atoms with Gasteiger partial charge < -0.3 is 19.7 Å². The van der Waals surface area contributed by atoms with Gasteiger partial charge in [0.25, 0.3) is 0 Å². The fourth-order valence-corrected chi connectivity index (χ4v) is 3.28. The molecule has 156 valence electrons. The molecule has 0 aromatic heterocycles. The largest absolute Gasteiger partial charge is 0.491 e. The summed E-state index contributed by atoms with van der Waals surface area (Å²) in [7, 11) is 3.51. The first-order valence-corrected chi connectivity index (χ1v) is 9.71. The van der Waals surface area contributed by atoms with Crippen LogP contribution >= 0.6 is 24.0 Å². The third kappa shape index (κ3) is 7.04. The Bertz CT molecular complexity index is 809. The van der Waals surface area contributed by atoms with Crippen LogP contribution < -0.4 is 10.1 Å². The summed E-state index contributed by atoms with van der Waals surface area (Å²) in [5, 5.41) is 3.47.